The number of hydrogen-bond donors (Lipinski definition) is 1. The van der Waals surface area contributed by atoms with Crippen molar-refractivity contribution in [2.45, 2.75) is 51.7 Å². The van der Waals surface area contributed by atoms with Crippen LogP contribution in [0.1, 0.15) is 66.6 Å². The van der Waals surface area contributed by atoms with Gasteiger partial charge in [0.15, 0.2) is 11.5 Å². The highest BCUT2D eigenvalue weighted by atomic mass is 16.5. The molecule has 2 aromatic rings. The molecule has 194 valence electrons. The van der Waals surface area contributed by atoms with E-state index in [1.807, 2.05) is 45.0 Å². The second-order valence-corrected chi connectivity index (χ2v) is 9.83. The minimum Gasteiger partial charge on any atom is -0.493 e. The number of hydrogen-bond acceptors (Lipinski definition) is 6. The van der Waals surface area contributed by atoms with Gasteiger partial charge in [-0.1, -0.05) is 12.1 Å². The Morgan fingerprint density at radius 2 is 1.97 bits per heavy atom. The molecule has 0 saturated carbocycles. The van der Waals surface area contributed by atoms with Gasteiger partial charge in [0.1, 0.15) is 0 Å². The number of aliphatic imine (C=N–C) groups is 1. The number of methoxy groups -OCH3 is 1. The van der Waals surface area contributed by atoms with Crippen molar-refractivity contribution in [2.75, 3.05) is 47.0 Å². The van der Waals surface area contributed by atoms with E-state index in [4.69, 9.17) is 19.2 Å². The zero-order chi connectivity index (χ0) is 25.7. The molecule has 36 heavy (non-hydrogen) atoms. The monoisotopic (exact) mass is 493 g/mol. The number of likely N-dealkylation sites (N-methyl/N-ethyl adjacent to an activating group) is 1. The molecule has 2 heterocycles. The lowest BCUT2D eigenvalue weighted by Gasteiger charge is -2.39. The van der Waals surface area contributed by atoms with Gasteiger partial charge in [-0.05, 0) is 77.0 Å². The summed E-state index contributed by atoms with van der Waals surface area (Å²) in [5.74, 6) is 1.73. The maximum Gasteiger partial charge on any atom is 0.251 e. The molecule has 7 heteroatoms. The van der Waals surface area contributed by atoms with Gasteiger partial charge >= 0.3 is 0 Å². The van der Waals surface area contributed by atoms with Crippen LogP contribution in [0.15, 0.2) is 41.4 Å². The fourth-order valence-corrected chi connectivity index (χ4v) is 5.02. The zero-order valence-electron chi connectivity index (χ0n) is 22.2. The minimum atomic E-state index is -0.0736. The van der Waals surface area contributed by atoms with Crippen molar-refractivity contribution in [1.82, 2.24) is 10.2 Å². The molecule has 1 N–H and O–H groups in total. The van der Waals surface area contributed by atoms with Crippen LogP contribution in [0.5, 0.6) is 11.5 Å². The number of rotatable bonds is 10. The maximum atomic E-state index is 12.6. The molecule has 0 aliphatic carbocycles. The zero-order valence-corrected chi connectivity index (χ0v) is 22.2. The SMILES string of the molecule is CCOc1cc2c(cc1OC)C(c1ccc(C(=O)NCCCOC(C)C)cc1)=N[C@@H]1CCN(C)C[C@H]21. The Labute approximate surface area is 214 Å². The molecule has 0 radical (unpaired) electrons. The first-order valence-corrected chi connectivity index (χ1v) is 13.0. The number of fused-ring (bicyclic) bond motifs is 3. The van der Waals surface area contributed by atoms with Gasteiger partial charge in [-0.25, -0.2) is 0 Å². The second kappa shape index (κ2) is 11.9. The summed E-state index contributed by atoms with van der Waals surface area (Å²) in [5.41, 5.74) is 4.93. The van der Waals surface area contributed by atoms with Crippen molar-refractivity contribution in [3.05, 3.63) is 58.7 Å². The Balaban J connectivity index is 1.58. The smallest absolute Gasteiger partial charge is 0.251 e. The highest BCUT2D eigenvalue weighted by Gasteiger charge is 2.36. The Kier molecular flexibility index (Phi) is 8.64. The summed E-state index contributed by atoms with van der Waals surface area (Å²) in [5, 5.41) is 2.98. The largest absolute Gasteiger partial charge is 0.493 e. The summed E-state index contributed by atoms with van der Waals surface area (Å²) >= 11 is 0. The molecule has 0 aromatic heterocycles. The first-order valence-electron chi connectivity index (χ1n) is 13.0. The number of carbonyl (C=O) groups is 1. The molecular weight excluding hydrogens is 454 g/mol. The van der Waals surface area contributed by atoms with E-state index in [0.29, 0.717) is 37.0 Å². The lowest BCUT2D eigenvalue weighted by Crippen LogP contribution is -2.41. The van der Waals surface area contributed by atoms with Crippen molar-refractivity contribution in [1.29, 1.82) is 0 Å². The van der Waals surface area contributed by atoms with Crippen molar-refractivity contribution in [3.63, 3.8) is 0 Å². The highest BCUT2D eigenvalue weighted by molar-refractivity contribution is 6.15. The number of nitrogens with zero attached hydrogens (tertiary/aromatic N) is 2. The first kappa shape index (κ1) is 26.2. The van der Waals surface area contributed by atoms with Gasteiger partial charge in [-0.2, -0.15) is 0 Å². The number of benzene rings is 2. The average molecular weight is 494 g/mol. The maximum absolute atomic E-state index is 12.6. The summed E-state index contributed by atoms with van der Waals surface area (Å²) < 4.78 is 17.1. The quantitative estimate of drug-likeness (QED) is 0.500. The van der Waals surface area contributed by atoms with Crippen LogP contribution in [-0.2, 0) is 4.74 Å². The van der Waals surface area contributed by atoms with Crippen LogP contribution in [-0.4, -0.2) is 75.7 Å². The van der Waals surface area contributed by atoms with E-state index in [2.05, 4.69) is 29.4 Å². The number of amides is 1. The van der Waals surface area contributed by atoms with E-state index < -0.39 is 0 Å². The molecule has 1 fully saturated rings. The standard InChI is InChI=1S/C29H39N3O4/c1-6-35-27-16-22-23(17-26(27)34-5)28(31-25-12-14-32(4)18-24(22)25)20-8-10-21(11-9-20)29(33)30-13-7-15-36-19(2)3/h8-11,16-17,19,24-25H,6-7,12-15,18H2,1-5H3,(H,30,33)/t24-,25-/m1/s1. The predicted molar refractivity (Wildman–Crippen MR) is 143 cm³/mol. The molecule has 2 atom stereocenters. The van der Waals surface area contributed by atoms with Crippen LogP contribution in [0, 0.1) is 0 Å². The van der Waals surface area contributed by atoms with Crippen LogP contribution in [0.4, 0.5) is 0 Å². The first-order chi connectivity index (χ1) is 17.4. The molecular formula is C29H39N3O4. The van der Waals surface area contributed by atoms with E-state index in [1.165, 1.54) is 5.56 Å². The van der Waals surface area contributed by atoms with Crippen LogP contribution in [0.3, 0.4) is 0 Å². The lowest BCUT2D eigenvalue weighted by atomic mass is 9.79. The van der Waals surface area contributed by atoms with E-state index in [9.17, 15) is 4.79 Å². The lowest BCUT2D eigenvalue weighted by molar-refractivity contribution is 0.0757. The third-order valence-corrected chi connectivity index (χ3v) is 6.84. The van der Waals surface area contributed by atoms with Gasteiger partial charge in [-0.15, -0.1) is 0 Å². The van der Waals surface area contributed by atoms with E-state index in [0.717, 1.165) is 48.5 Å². The van der Waals surface area contributed by atoms with Crippen molar-refractivity contribution in [3.8, 4) is 11.5 Å². The van der Waals surface area contributed by atoms with Crippen molar-refractivity contribution in [2.24, 2.45) is 4.99 Å². The fraction of sp³-hybridized carbons (Fsp3) is 0.517. The molecule has 0 bridgehead atoms. The summed E-state index contributed by atoms with van der Waals surface area (Å²) in [6, 6.07) is 12.2. The van der Waals surface area contributed by atoms with E-state index in [1.54, 1.807) is 7.11 Å². The molecule has 0 unspecified atom stereocenters. The molecule has 0 spiro atoms. The number of nitrogens with one attached hydrogen (secondary N) is 1. The topological polar surface area (TPSA) is 72.4 Å². The van der Waals surface area contributed by atoms with E-state index >= 15 is 0 Å². The number of ether oxygens (including phenoxy) is 3. The Bertz CT molecular complexity index is 1080. The fourth-order valence-electron chi connectivity index (χ4n) is 5.02. The van der Waals surface area contributed by atoms with Gasteiger partial charge in [0.2, 0.25) is 0 Å². The summed E-state index contributed by atoms with van der Waals surface area (Å²) in [4.78, 5) is 20.2. The second-order valence-electron chi connectivity index (χ2n) is 9.83. The number of piperidine rings is 1. The highest BCUT2D eigenvalue weighted by Crippen LogP contribution is 2.42. The normalized spacial score (nSPS) is 19.3. The third-order valence-electron chi connectivity index (χ3n) is 6.84. The van der Waals surface area contributed by atoms with Crippen molar-refractivity contribution >= 4 is 11.6 Å². The van der Waals surface area contributed by atoms with Gasteiger partial charge < -0.3 is 24.4 Å². The van der Waals surface area contributed by atoms with Gasteiger partial charge in [0.25, 0.3) is 5.91 Å². The number of likely N-dealkylation sites (tertiary alicyclic amines) is 1. The Morgan fingerprint density at radius 3 is 2.67 bits per heavy atom. The third kappa shape index (κ3) is 5.90. The molecule has 2 aliphatic rings. The van der Waals surface area contributed by atoms with Crippen LogP contribution in [0.25, 0.3) is 0 Å². The van der Waals surface area contributed by atoms with E-state index in [-0.39, 0.29) is 18.1 Å². The molecule has 1 amide bonds. The molecule has 4 rings (SSSR count). The molecule has 7 nitrogen and oxygen atoms in total. The molecule has 2 aromatic carbocycles. The predicted octanol–water partition coefficient (Wildman–Crippen LogP) is 4.28. The van der Waals surface area contributed by atoms with Crippen LogP contribution < -0.4 is 14.8 Å². The average Bonchev–Trinajstić information content (AvgIpc) is 2.88. The Hall–Kier alpha value is -2.90. The van der Waals surface area contributed by atoms with Gasteiger partial charge in [-0.3, -0.25) is 9.79 Å². The van der Waals surface area contributed by atoms with Crippen LogP contribution in [0.2, 0.25) is 0 Å². The summed E-state index contributed by atoms with van der Waals surface area (Å²) in [7, 11) is 3.84. The Morgan fingerprint density at radius 1 is 1.19 bits per heavy atom. The number of carbonyl (C=O) groups excluding carboxylic acids is 1. The van der Waals surface area contributed by atoms with Gasteiger partial charge in [0.05, 0.1) is 31.6 Å². The molecule has 2 aliphatic heterocycles. The van der Waals surface area contributed by atoms with Gasteiger partial charge in [0, 0.05) is 42.3 Å². The summed E-state index contributed by atoms with van der Waals surface area (Å²) in [6.07, 6.45) is 2.01. The van der Waals surface area contributed by atoms with Crippen molar-refractivity contribution < 1.29 is 19.0 Å². The summed E-state index contributed by atoms with van der Waals surface area (Å²) in [6.45, 7) is 9.82. The van der Waals surface area contributed by atoms with Crippen LogP contribution >= 0.6 is 0 Å². The molecule has 1 saturated heterocycles. The minimum absolute atomic E-state index is 0.0736.